The summed E-state index contributed by atoms with van der Waals surface area (Å²) in [6, 6.07) is 0. The number of aliphatic hydroxyl groups is 1. The van der Waals surface area contributed by atoms with Gasteiger partial charge in [0.05, 0.1) is 18.6 Å². The van der Waals surface area contributed by atoms with Crippen LogP contribution >= 0.6 is 0 Å². The molecule has 3 unspecified atom stereocenters. The second-order valence-corrected chi connectivity index (χ2v) is 6.57. The van der Waals surface area contributed by atoms with Crippen LogP contribution in [-0.2, 0) is 9.47 Å². The van der Waals surface area contributed by atoms with Crippen molar-refractivity contribution in [3.05, 3.63) is 0 Å². The molecule has 0 heterocycles. The highest BCUT2D eigenvalue weighted by Gasteiger charge is 2.58. The van der Waals surface area contributed by atoms with Gasteiger partial charge in [0, 0.05) is 13.8 Å². The first kappa shape index (κ1) is 29.9. The number of rotatable bonds is 11. The zero-order valence-electron chi connectivity index (χ0n) is 15.4. The van der Waals surface area contributed by atoms with E-state index in [9.17, 15) is 61.5 Å². The van der Waals surface area contributed by atoms with Crippen molar-refractivity contribution in [2.24, 2.45) is 5.92 Å². The summed E-state index contributed by atoms with van der Waals surface area (Å²) >= 11 is 0. The van der Waals surface area contributed by atoms with Gasteiger partial charge in [0.25, 0.3) is 0 Å². The SMILES string of the molecule is CC(F)(F)C(F)(F)OCC(CCC(C(O)C(F)(F)F)C(F)(F)F)OC(F)(F)C(C)(F)F. The van der Waals surface area contributed by atoms with E-state index in [1.54, 1.807) is 0 Å². The highest BCUT2D eigenvalue weighted by molar-refractivity contribution is 4.83. The lowest BCUT2D eigenvalue weighted by molar-refractivity contribution is -0.380. The molecule has 0 aromatic carbocycles. The van der Waals surface area contributed by atoms with Crippen molar-refractivity contribution in [2.75, 3.05) is 6.61 Å². The number of halogens is 14. The van der Waals surface area contributed by atoms with E-state index < -0.39 is 87.8 Å². The van der Waals surface area contributed by atoms with Crippen molar-refractivity contribution in [3.8, 4) is 0 Å². The van der Waals surface area contributed by atoms with Gasteiger partial charge < -0.3 is 14.6 Å². The van der Waals surface area contributed by atoms with Crippen LogP contribution in [0.4, 0.5) is 61.5 Å². The molecule has 0 aliphatic rings. The van der Waals surface area contributed by atoms with E-state index in [1.165, 1.54) is 0 Å². The Morgan fingerprint density at radius 3 is 1.39 bits per heavy atom. The molecule has 0 aromatic rings. The molecular formula is C14H16F14O3. The van der Waals surface area contributed by atoms with E-state index in [-0.39, 0.29) is 0 Å². The summed E-state index contributed by atoms with van der Waals surface area (Å²) in [5.74, 6) is -13.7. The van der Waals surface area contributed by atoms with Crippen molar-refractivity contribution < 1.29 is 76.0 Å². The van der Waals surface area contributed by atoms with Crippen LogP contribution in [0.3, 0.4) is 0 Å². The smallest absolute Gasteiger partial charge is 0.383 e. The van der Waals surface area contributed by atoms with Crippen LogP contribution in [0.1, 0.15) is 26.7 Å². The van der Waals surface area contributed by atoms with Gasteiger partial charge in [-0.3, -0.25) is 0 Å². The van der Waals surface area contributed by atoms with Crippen LogP contribution < -0.4 is 0 Å². The van der Waals surface area contributed by atoms with E-state index in [2.05, 4.69) is 9.47 Å². The van der Waals surface area contributed by atoms with E-state index in [1.807, 2.05) is 0 Å². The number of hydrogen-bond donors (Lipinski definition) is 1. The topological polar surface area (TPSA) is 38.7 Å². The Morgan fingerprint density at radius 1 is 0.645 bits per heavy atom. The van der Waals surface area contributed by atoms with Gasteiger partial charge in [0.1, 0.15) is 0 Å². The van der Waals surface area contributed by atoms with Crippen molar-refractivity contribution in [3.63, 3.8) is 0 Å². The van der Waals surface area contributed by atoms with Crippen molar-refractivity contribution in [1.82, 2.24) is 0 Å². The molecule has 0 radical (unpaired) electrons. The minimum Gasteiger partial charge on any atom is -0.383 e. The van der Waals surface area contributed by atoms with Gasteiger partial charge in [-0.25, -0.2) is 0 Å². The third-order valence-electron chi connectivity index (χ3n) is 3.72. The maximum atomic E-state index is 13.3. The molecule has 0 rings (SSSR count). The zero-order valence-corrected chi connectivity index (χ0v) is 15.4. The normalized spacial score (nSPS) is 18.1. The third kappa shape index (κ3) is 8.75. The summed E-state index contributed by atoms with van der Waals surface area (Å²) in [7, 11) is 0. The molecule has 0 saturated carbocycles. The summed E-state index contributed by atoms with van der Waals surface area (Å²) < 4.78 is 186. The molecule has 0 aliphatic carbocycles. The Labute approximate surface area is 165 Å². The molecule has 188 valence electrons. The minimum absolute atomic E-state index is 0.406. The van der Waals surface area contributed by atoms with Gasteiger partial charge in [-0.2, -0.15) is 61.5 Å². The van der Waals surface area contributed by atoms with E-state index in [0.29, 0.717) is 0 Å². The Morgan fingerprint density at radius 2 is 1.06 bits per heavy atom. The van der Waals surface area contributed by atoms with Crippen LogP contribution in [0.25, 0.3) is 0 Å². The summed E-state index contributed by atoms with van der Waals surface area (Å²) in [4.78, 5) is 0. The highest BCUT2D eigenvalue weighted by Crippen LogP contribution is 2.41. The van der Waals surface area contributed by atoms with E-state index in [0.717, 1.165) is 0 Å². The number of alkyl halides is 14. The largest absolute Gasteiger partial charge is 0.419 e. The number of aliphatic hydroxyl groups excluding tert-OH is 1. The first-order chi connectivity index (χ1) is 13.3. The Bertz CT molecular complexity index is 561. The monoisotopic (exact) mass is 498 g/mol. The summed E-state index contributed by atoms with van der Waals surface area (Å²) in [6.45, 7) is -2.99. The second kappa shape index (κ2) is 9.41. The molecule has 0 aliphatic heterocycles. The second-order valence-electron chi connectivity index (χ2n) is 6.57. The van der Waals surface area contributed by atoms with Crippen LogP contribution in [0.15, 0.2) is 0 Å². The average Bonchev–Trinajstić information content (AvgIpc) is 2.47. The van der Waals surface area contributed by atoms with Crippen molar-refractivity contribution >= 4 is 0 Å². The lowest BCUT2D eigenvalue weighted by Gasteiger charge is -2.32. The summed E-state index contributed by atoms with van der Waals surface area (Å²) in [5.41, 5.74) is 0. The Hall–Kier alpha value is -1.10. The molecular weight excluding hydrogens is 482 g/mol. The van der Waals surface area contributed by atoms with E-state index in [4.69, 9.17) is 5.11 Å². The van der Waals surface area contributed by atoms with Crippen LogP contribution in [0.5, 0.6) is 0 Å². The predicted molar refractivity (Wildman–Crippen MR) is 72.8 cm³/mol. The van der Waals surface area contributed by atoms with Crippen molar-refractivity contribution in [1.29, 1.82) is 0 Å². The van der Waals surface area contributed by atoms with Gasteiger partial charge in [0.2, 0.25) is 0 Å². The van der Waals surface area contributed by atoms with Gasteiger partial charge in [-0.15, -0.1) is 0 Å². The molecule has 0 fully saturated rings. The summed E-state index contributed by atoms with van der Waals surface area (Å²) in [6.07, 6.45) is -33.4. The zero-order chi connectivity index (χ0) is 25.3. The van der Waals surface area contributed by atoms with Crippen LogP contribution in [-0.4, -0.2) is 60.3 Å². The fourth-order valence-electron chi connectivity index (χ4n) is 1.91. The van der Waals surface area contributed by atoms with Gasteiger partial charge in [0.15, 0.2) is 6.10 Å². The maximum Gasteiger partial charge on any atom is 0.419 e. The lowest BCUT2D eigenvalue weighted by Crippen LogP contribution is -2.47. The Balaban J connectivity index is 5.68. The van der Waals surface area contributed by atoms with Crippen molar-refractivity contribution in [2.45, 2.75) is 75.3 Å². The minimum atomic E-state index is -5.86. The van der Waals surface area contributed by atoms with Gasteiger partial charge >= 0.3 is 36.4 Å². The first-order valence-electron chi connectivity index (χ1n) is 7.97. The molecule has 0 saturated heterocycles. The number of ether oxygens (including phenoxy) is 2. The first-order valence-corrected chi connectivity index (χ1v) is 7.97. The fourth-order valence-corrected chi connectivity index (χ4v) is 1.91. The molecule has 3 nitrogen and oxygen atoms in total. The molecule has 1 N–H and O–H groups in total. The highest BCUT2D eigenvalue weighted by atomic mass is 19.4. The maximum absolute atomic E-state index is 13.3. The standard InChI is InChI=1S/C14H16F14O3/c1-9(15,16)13(25,26)30-5-6(31-14(27,28)10(2,17)18)3-4-7(11(19,20)21)8(29)12(22,23)24/h6-8,29H,3-5H2,1-2H3. The average molecular weight is 498 g/mol. The van der Waals surface area contributed by atoms with Crippen LogP contribution in [0, 0.1) is 5.92 Å². The van der Waals surface area contributed by atoms with Gasteiger partial charge in [-0.05, 0) is 12.8 Å². The molecule has 0 amide bonds. The summed E-state index contributed by atoms with van der Waals surface area (Å²) in [5, 5.41) is 8.82. The third-order valence-corrected chi connectivity index (χ3v) is 3.72. The predicted octanol–water partition coefficient (Wildman–Crippen LogP) is 5.77. The lowest BCUT2D eigenvalue weighted by atomic mass is 9.94. The fraction of sp³-hybridized carbons (Fsp3) is 1.00. The Kier molecular flexibility index (Phi) is 9.07. The molecule has 0 spiro atoms. The van der Waals surface area contributed by atoms with Crippen LogP contribution in [0.2, 0.25) is 0 Å². The number of hydrogen-bond acceptors (Lipinski definition) is 3. The van der Waals surface area contributed by atoms with Gasteiger partial charge in [-0.1, -0.05) is 0 Å². The molecule has 0 bridgehead atoms. The quantitative estimate of drug-likeness (QED) is 0.368. The molecule has 3 atom stereocenters. The molecule has 31 heavy (non-hydrogen) atoms. The molecule has 0 aromatic heterocycles. The van der Waals surface area contributed by atoms with E-state index >= 15 is 0 Å². The molecule has 17 heteroatoms.